The second-order valence-electron chi connectivity index (χ2n) is 5.10. The van der Waals surface area contributed by atoms with E-state index in [0.29, 0.717) is 12.5 Å². The highest BCUT2D eigenvalue weighted by molar-refractivity contribution is 5.99. The van der Waals surface area contributed by atoms with Crippen molar-refractivity contribution < 1.29 is 4.79 Å². The third kappa shape index (κ3) is 4.70. The van der Waals surface area contributed by atoms with Crippen molar-refractivity contribution >= 4 is 5.78 Å². The molecule has 0 unspecified atom stereocenters. The minimum absolute atomic E-state index is 0.190. The molecular formula is C15H23NO. The summed E-state index contributed by atoms with van der Waals surface area (Å²) in [7, 11) is 0. The Morgan fingerprint density at radius 3 is 2.65 bits per heavy atom. The first-order valence-corrected chi connectivity index (χ1v) is 6.32. The molecule has 2 heteroatoms. The molecule has 0 aliphatic heterocycles. The number of hydrogen-bond donors (Lipinski definition) is 1. The molecule has 2 nitrogen and oxygen atoms in total. The number of hydrogen-bond acceptors (Lipinski definition) is 2. The summed E-state index contributed by atoms with van der Waals surface area (Å²) in [6.45, 7) is 9.73. The lowest BCUT2D eigenvalue weighted by Crippen LogP contribution is -2.25. The Balaban J connectivity index is 2.49. The summed E-state index contributed by atoms with van der Waals surface area (Å²) >= 11 is 0. The van der Waals surface area contributed by atoms with Crippen LogP contribution in [-0.2, 0) is 0 Å². The topological polar surface area (TPSA) is 29.1 Å². The maximum absolute atomic E-state index is 12.0. The molecule has 1 N–H and O–H groups in total. The molecule has 0 aliphatic rings. The van der Waals surface area contributed by atoms with Gasteiger partial charge in [0.05, 0.1) is 6.54 Å². The van der Waals surface area contributed by atoms with E-state index in [4.69, 9.17) is 0 Å². The van der Waals surface area contributed by atoms with Gasteiger partial charge in [0.1, 0.15) is 0 Å². The molecule has 0 atom stereocenters. The molecule has 1 rings (SSSR count). The van der Waals surface area contributed by atoms with E-state index in [-0.39, 0.29) is 5.78 Å². The van der Waals surface area contributed by atoms with Crippen LogP contribution in [0.4, 0.5) is 0 Å². The molecule has 17 heavy (non-hydrogen) atoms. The van der Waals surface area contributed by atoms with Crippen LogP contribution >= 0.6 is 0 Å². The second kappa shape index (κ2) is 6.55. The van der Waals surface area contributed by atoms with E-state index in [1.54, 1.807) is 0 Å². The van der Waals surface area contributed by atoms with E-state index in [9.17, 15) is 4.79 Å². The molecule has 94 valence electrons. The minimum atomic E-state index is 0.190. The van der Waals surface area contributed by atoms with Gasteiger partial charge in [-0.05, 0) is 44.4 Å². The third-order valence-corrected chi connectivity index (χ3v) is 2.88. The summed E-state index contributed by atoms with van der Waals surface area (Å²) in [5.74, 6) is 0.869. The summed E-state index contributed by atoms with van der Waals surface area (Å²) in [6.07, 6.45) is 1.11. The van der Waals surface area contributed by atoms with Crippen LogP contribution in [0.15, 0.2) is 18.2 Å². The highest BCUT2D eigenvalue weighted by Gasteiger charge is 2.08. The predicted octanol–water partition coefficient (Wildman–Crippen LogP) is 3.12. The van der Waals surface area contributed by atoms with Gasteiger partial charge in [-0.25, -0.2) is 0 Å². The zero-order valence-electron chi connectivity index (χ0n) is 11.3. The lowest BCUT2D eigenvalue weighted by atomic mass is 10.0. The first-order valence-electron chi connectivity index (χ1n) is 6.32. The van der Waals surface area contributed by atoms with Crippen molar-refractivity contribution in [3.8, 4) is 0 Å². The molecule has 0 amide bonds. The summed E-state index contributed by atoms with van der Waals surface area (Å²) < 4.78 is 0. The minimum Gasteiger partial charge on any atom is -0.310 e. The molecule has 0 saturated heterocycles. The Morgan fingerprint density at radius 1 is 1.29 bits per heavy atom. The molecule has 0 heterocycles. The number of rotatable bonds is 6. The summed E-state index contributed by atoms with van der Waals surface area (Å²) in [5, 5.41) is 3.21. The SMILES string of the molecule is Cc1ccc(C)c(C(=O)CNCCC(C)C)c1. The van der Waals surface area contributed by atoms with Gasteiger partial charge in [0, 0.05) is 5.56 Å². The van der Waals surface area contributed by atoms with Gasteiger partial charge >= 0.3 is 0 Å². The Bertz CT molecular complexity index is 383. The molecular weight excluding hydrogens is 210 g/mol. The zero-order chi connectivity index (χ0) is 12.8. The average Bonchev–Trinajstić information content (AvgIpc) is 2.27. The zero-order valence-corrected chi connectivity index (χ0v) is 11.3. The van der Waals surface area contributed by atoms with Crippen LogP contribution in [0.25, 0.3) is 0 Å². The van der Waals surface area contributed by atoms with Crippen molar-refractivity contribution in [1.82, 2.24) is 5.32 Å². The Kier molecular flexibility index (Phi) is 5.36. The number of carbonyl (C=O) groups is 1. The molecule has 0 radical (unpaired) electrons. The Hall–Kier alpha value is -1.15. The van der Waals surface area contributed by atoms with Crippen molar-refractivity contribution in [3.05, 3.63) is 34.9 Å². The molecule has 1 aromatic carbocycles. The van der Waals surface area contributed by atoms with Crippen molar-refractivity contribution in [2.75, 3.05) is 13.1 Å². The van der Waals surface area contributed by atoms with Crippen LogP contribution in [-0.4, -0.2) is 18.9 Å². The molecule has 1 aromatic rings. The molecule has 0 fully saturated rings. The van der Waals surface area contributed by atoms with Gasteiger partial charge in [0.2, 0.25) is 0 Å². The normalized spacial score (nSPS) is 10.9. The lowest BCUT2D eigenvalue weighted by Gasteiger charge is -2.08. The number of nitrogens with one attached hydrogen (secondary N) is 1. The van der Waals surface area contributed by atoms with E-state index < -0.39 is 0 Å². The molecule has 0 aliphatic carbocycles. The lowest BCUT2D eigenvalue weighted by molar-refractivity contribution is 0.0990. The number of Topliss-reactive ketones (excluding diaryl/α,β-unsaturated/α-hetero) is 1. The fraction of sp³-hybridized carbons (Fsp3) is 0.533. The highest BCUT2D eigenvalue weighted by atomic mass is 16.1. The number of ketones is 1. The third-order valence-electron chi connectivity index (χ3n) is 2.88. The second-order valence-corrected chi connectivity index (χ2v) is 5.10. The van der Waals surface area contributed by atoms with Gasteiger partial charge < -0.3 is 5.32 Å². The predicted molar refractivity (Wildman–Crippen MR) is 72.6 cm³/mol. The Morgan fingerprint density at radius 2 is 2.00 bits per heavy atom. The van der Waals surface area contributed by atoms with Gasteiger partial charge in [-0.1, -0.05) is 31.5 Å². The molecule has 0 bridgehead atoms. The van der Waals surface area contributed by atoms with Gasteiger partial charge in [-0.3, -0.25) is 4.79 Å². The first-order chi connectivity index (χ1) is 8.00. The number of aryl methyl sites for hydroxylation is 2. The highest BCUT2D eigenvalue weighted by Crippen LogP contribution is 2.11. The summed E-state index contributed by atoms with van der Waals surface area (Å²) in [5.41, 5.74) is 3.05. The molecule has 0 saturated carbocycles. The maximum Gasteiger partial charge on any atom is 0.176 e. The van der Waals surface area contributed by atoms with Crippen LogP contribution in [0.1, 0.15) is 41.8 Å². The van der Waals surface area contributed by atoms with E-state index in [2.05, 4.69) is 19.2 Å². The van der Waals surface area contributed by atoms with Gasteiger partial charge in [0.25, 0.3) is 0 Å². The van der Waals surface area contributed by atoms with Crippen molar-refractivity contribution in [2.24, 2.45) is 5.92 Å². The van der Waals surface area contributed by atoms with Crippen LogP contribution in [0.3, 0.4) is 0 Å². The van der Waals surface area contributed by atoms with Gasteiger partial charge in [-0.2, -0.15) is 0 Å². The van der Waals surface area contributed by atoms with E-state index >= 15 is 0 Å². The largest absolute Gasteiger partial charge is 0.310 e. The molecule has 0 spiro atoms. The van der Waals surface area contributed by atoms with Gasteiger partial charge in [-0.15, -0.1) is 0 Å². The fourth-order valence-electron chi connectivity index (χ4n) is 1.72. The van der Waals surface area contributed by atoms with Gasteiger partial charge in [0.15, 0.2) is 5.78 Å². The van der Waals surface area contributed by atoms with E-state index in [1.165, 1.54) is 0 Å². The van der Waals surface area contributed by atoms with E-state index in [0.717, 1.165) is 29.7 Å². The van der Waals surface area contributed by atoms with Crippen LogP contribution < -0.4 is 5.32 Å². The summed E-state index contributed by atoms with van der Waals surface area (Å²) in [4.78, 5) is 12.0. The average molecular weight is 233 g/mol. The smallest absolute Gasteiger partial charge is 0.176 e. The molecule has 0 aromatic heterocycles. The van der Waals surface area contributed by atoms with Crippen molar-refractivity contribution in [2.45, 2.75) is 34.1 Å². The number of carbonyl (C=O) groups excluding carboxylic acids is 1. The van der Waals surface area contributed by atoms with Crippen LogP contribution in [0.5, 0.6) is 0 Å². The van der Waals surface area contributed by atoms with Crippen molar-refractivity contribution in [3.63, 3.8) is 0 Å². The Labute approximate surface area is 104 Å². The maximum atomic E-state index is 12.0. The van der Waals surface area contributed by atoms with Crippen LogP contribution in [0.2, 0.25) is 0 Å². The standard InChI is InChI=1S/C15H23NO/c1-11(2)7-8-16-10-15(17)14-9-12(3)5-6-13(14)4/h5-6,9,11,16H,7-8,10H2,1-4H3. The van der Waals surface area contributed by atoms with Crippen LogP contribution in [0, 0.1) is 19.8 Å². The van der Waals surface area contributed by atoms with Crippen molar-refractivity contribution in [1.29, 1.82) is 0 Å². The quantitative estimate of drug-likeness (QED) is 0.604. The van der Waals surface area contributed by atoms with E-state index in [1.807, 2.05) is 32.0 Å². The number of benzene rings is 1. The fourth-order valence-corrected chi connectivity index (χ4v) is 1.72. The first kappa shape index (κ1) is 13.9. The monoisotopic (exact) mass is 233 g/mol. The summed E-state index contributed by atoms with van der Waals surface area (Å²) in [6, 6.07) is 6.02.